The van der Waals surface area contributed by atoms with Gasteiger partial charge in [0.1, 0.15) is 11.6 Å². The molecule has 1 unspecified atom stereocenters. The molecule has 2 rings (SSSR count). The number of hydrogen-bond acceptors (Lipinski definition) is 7. The first kappa shape index (κ1) is 23.0. The molecule has 0 aliphatic carbocycles. The first-order valence-electron chi connectivity index (χ1n) is 8.07. The molecule has 0 bridgehead atoms. The van der Waals surface area contributed by atoms with E-state index in [2.05, 4.69) is 28.6 Å². The number of thiophene rings is 1. The molecule has 1 saturated heterocycles. The minimum Gasteiger partial charge on any atom is -0.456 e. The number of Topliss-reactive ketones (excluding diaryl/α,β-unsaturated/α-hetero) is 1. The molecule has 1 aromatic heterocycles. The van der Waals surface area contributed by atoms with Gasteiger partial charge in [-0.05, 0) is 67.9 Å². The lowest BCUT2D eigenvalue weighted by Crippen LogP contribution is -2.44. The standard InChI is InChI=1S/C16H20BrNO5S.CH4S/c1-16(2,3)23-15(21)18-8-4-5-10(18)14(20)22-9-11(19)12-6-7-13(17)24-12;1-2/h6-7,10H,4-5,8-9H2,1-3H3;2H,1H3. The predicted molar refractivity (Wildman–Crippen MR) is 108 cm³/mol. The molecule has 0 aromatic carbocycles. The number of rotatable bonds is 4. The Kier molecular flexibility index (Phi) is 9.12. The molecule has 6 nitrogen and oxygen atoms in total. The van der Waals surface area contributed by atoms with Crippen LogP contribution in [0.5, 0.6) is 0 Å². The fraction of sp³-hybridized carbons (Fsp3) is 0.588. The first-order valence-corrected chi connectivity index (χ1v) is 10.6. The van der Waals surface area contributed by atoms with Gasteiger partial charge in [-0.2, -0.15) is 12.6 Å². The molecule has 146 valence electrons. The van der Waals surface area contributed by atoms with Crippen LogP contribution < -0.4 is 0 Å². The average Bonchev–Trinajstić information content (AvgIpc) is 3.21. The van der Waals surface area contributed by atoms with Crippen molar-refractivity contribution >= 4 is 57.7 Å². The van der Waals surface area contributed by atoms with Gasteiger partial charge in [0.2, 0.25) is 5.78 Å². The summed E-state index contributed by atoms with van der Waals surface area (Å²) in [5.41, 5.74) is -0.628. The molecule has 1 amide bonds. The normalized spacial score (nSPS) is 16.5. The molecular formula is C17H24BrNO5S2. The van der Waals surface area contributed by atoms with Crippen molar-refractivity contribution in [2.24, 2.45) is 0 Å². The van der Waals surface area contributed by atoms with E-state index >= 15 is 0 Å². The van der Waals surface area contributed by atoms with E-state index < -0.39 is 23.7 Å². The smallest absolute Gasteiger partial charge is 0.411 e. The fourth-order valence-corrected chi connectivity index (χ4v) is 3.63. The monoisotopic (exact) mass is 465 g/mol. The third-order valence-corrected chi connectivity index (χ3v) is 5.01. The second-order valence-electron chi connectivity index (χ2n) is 6.47. The van der Waals surface area contributed by atoms with E-state index in [0.717, 1.165) is 3.79 Å². The zero-order valence-electron chi connectivity index (χ0n) is 15.3. The highest BCUT2D eigenvalue weighted by molar-refractivity contribution is 9.11. The second kappa shape index (κ2) is 10.3. The van der Waals surface area contributed by atoms with E-state index in [4.69, 9.17) is 9.47 Å². The van der Waals surface area contributed by atoms with Crippen molar-refractivity contribution in [2.75, 3.05) is 19.4 Å². The Bertz CT molecular complexity index is 641. The highest BCUT2D eigenvalue weighted by atomic mass is 79.9. The molecule has 1 aromatic rings. The number of ketones is 1. The zero-order chi connectivity index (χ0) is 19.9. The second-order valence-corrected chi connectivity index (χ2v) is 8.93. The number of thiol groups is 1. The van der Waals surface area contributed by atoms with Gasteiger partial charge in [0.15, 0.2) is 6.61 Å². The summed E-state index contributed by atoms with van der Waals surface area (Å²) in [4.78, 5) is 38.3. The Hall–Kier alpha value is -1.06. The van der Waals surface area contributed by atoms with Crippen LogP contribution in [0, 0.1) is 0 Å². The van der Waals surface area contributed by atoms with Crippen LogP contribution in [0.4, 0.5) is 4.79 Å². The Morgan fingerprint density at radius 3 is 2.50 bits per heavy atom. The predicted octanol–water partition coefficient (Wildman–Crippen LogP) is 4.18. The largest absolute Gasteiger partial charge is 0.456 e. The zero-order valence-corrected chi connectivity index (χ0v) is 18.6. The lowest BCUT2D eigenvalue weighted by atomic mass is 10.2. The van der Waals surface area contributed by atoms with Crippen molar-refractivity contribution in [2.45, 2.75) is 45.3 Å². The Morgan fingerprint density at radius 2 is 1.96 bits per heavy atom. The average molecular weight is 466 g/mol. The molecule has 1 fully saturated rings. The summed E-state index contributed by atoms with van der Waals surface area (Å²) >= 11 is 8.09. The maximum Gasteiger partial charge on any atom is 0.411 e. The summed E-state index contributed by atoms with van der Waals surface area (Å²) in [6, 6.07) is 2.75. The fourth-order valence-electron chi connectivity index (χ4n) is 2.32. The molecular weight excluding hydrogens is 442 g/mol. The number of ether oxygens (including phenoxy) is 2. The van der Waals surface area contributed by atoms with Crippen LogP contribution in [0.15, 0.2) is 15.9 Å². The van der Waals surface area contributed by atoms with Crippen LogP contribution in [0.1, 0.15) is 43.3 Å². The molecule has 1 aliphatic heterocycles. The number of nitrogens with zero attached hydrogens (tertiary/aromatic N) is 1. The highest BCUT2D eigenvalue weighted by Crippen LogP contribution is 2.24. The van der Waals surface area contributed by atoms with Gasteiger partial charge in [-0.25, -0.2) is 9.59 Å². The quantitative estimate of drug-likeness (QED) is 0.410. The summed E-state index contributed by atoms with van der Waals surface area (Å²) < 4.78 is 11.3. The number of carbonyl (C=O) groups is 3. The molecule has 1 aliphatic rings. The van der Waals surface area contributed by atoms with Crippen LogP contribution in [-0.4, -0.2) is 53.8 Å². The van der Waals surface area contributed by atoms with Crippen molar-refractivity contribution in [1.82, 2.24) is 4.90 Å². The number of carbonyl (C=O) groups excluding carboxylic acids is 3. The Morgan fingerprint density at radius 1 is 1.31 bits per heavy atom. The van der Waals surface area contributed by atoms with E-state index in [1.165, 1.54) is 16.2 Å². The first-order chi connectivity index (χ1) is 12.2. The molecule has 26 heavy (non-hydrogen) atoms. The van der Waals surface area contributed by atoms with Crippen LogP contribution in [0.25, 0.3) is 0 Å². The minimum absolute atomic E-state index is 0.263. The minimum atomic E-state index is -0.692. The summed E-state index contributed by atoms with van der Waals surface area (Å²) in [5.74, 6) is -0.830. The summed E-state index contributed by atoms with van der Waals surface area (Å²) in [6.45, 7) is 5.43. The Balaban J connectivity index is 0.00000163. The van der Waals surface area contributed by atoms with Crippen molar-refractivity contribution in [3.8, 4) is 0 Å². The van der Waals surface area contributed by atoms with Crippen molar-refractivity contribution in [3.63, 3.8) is 0 Å². The van der Waals surface area contributed by atoms with E-state index in [9.17, 15) is 14.4 Å². The molecule has 2 heterocycles. The van der Waals surface area contributed by atoms with Crippen molar-refractivity contribution in [1.29, 1.82) is 0 Å². The van der Waals surface area contributed by atoms with Gasteiger partial charge in [-0.3, -0.25) is 9.69 Å². The van der Waals surface area contributed by atoms with Gasteiger partial charge in [0.05, 0.1) is 8.66 Å². The van der Waals surface area contributed by atoms with Crippen LogP contribution in [-0.2, 0) is 14.3 Å². The SMILES string of the molecule is CC(C)(C)OC(=O)N1CCCC1C(=O)OCC(=O)c1ccc(Br)s1.CS. The lowest BCUT2D eigenvalue weighted by molar-refractivity contribution is -0.147. The van der Waals surface area contributed by atoms with Gasteiger partial charge < -0.3 is 9.47 Å². The third-order valence-electron chi connectivity index (χ3n) is 3.35. The van der Waals surface area contributed by atoms with E-state index in [0.29, 0.717) is 24.3 Å². The topological polar surface area (TPSA) is 72.9 Å². The maximum absolute atomic E-state index is 12.2. The molecule has 0 spiro atoms. The number of esters is 1. The van der Waals surface area contributed by atoms with E-state index in [-0.39, 0.29) is 12.4 Å². The van der Waals surface area contributed by atoms with Gasteiger partial charge in [0.25, 0.3) is 0 Å². The van der Waals surface area contributed by atoms with Crippen LogP contribution in [0.2, 0.25) is 0 Å². The van der Waals surface area contributed by atoms with Crippen molar-refractivity contribution in [3.05, 3.63) is 20.8 Å². The molecule has 0 N–H and O–H groups in total. The van der Waals surface area contributed by atoms with Gasteiger partial charge in [-0.1, -0.05) is 0 Å². The van der Waals surface area contributed by atoms with Crippen LogP contribution >= 0.6 is 39.9 Å². The summed E-state index contributed by atoms with van der Waals surface area (Å²) in [5, 5.41) is 0. The van der Waals surface area contributed by atoms with E-state index in [1.54, 1.807) is 39.2 Å². The van der Waals surface area contributed by atoms with E-state index in [1.807, 2.05) is 0 Å². The van der Waals surface area contributed by atoms with Gasteiger partial charge in [-0.15, -0.1) is 11.3 Å². The molecule has 0 radical (unpaired) electrons. The van der Waals surface area contributed by atoms with Gasteiger partial charge in [0, 0.05) is 6.54 Å². The van der Waals surface area contributed by atoms with Gasteiger partial charge >= 0.3 is 12.1 Å². The highest BCUT2D eigenvalue weighted by Gasteiger charge is 2.37. The molecule has 9 heteroatoms. The summed E-state index contributed by atoms with van der Waals surface area (Å²) in [7, 11) is 0. The molecule has 0 saturated carbocycles. The summed E-state index contributed by atoms with van der Waals surface area (Å²) in [6.07, 6.45) is 2.37. The number of hydrogen-bond donors (Lipinski definition) is 1. The van der Waals surface area contributed by atoms with Crippen LogP contribution in [0.3, 0.4) is 0 Å². The third kappa shape index (κ3) is 6.92. The van der Waals surface area contributed by atoms with Crippen molar-refractivity contribution < 1.29 is 23.9 Å². The lowest BCUT2D eigenvalue weighted by Gasteiger charge is -2.27. The number of likely N-dealkylation sites (tertiary alicyclic amines) is 1. The number of halogens is 1. The maximum atomic E-state index is 12.2. The molecule has 1 atom stereocenters. The Labute approximate surface area is 171 Å². The number of amides is 1.